The number of fused-ring (bicyclic) bond motifs is 7. The molecule has 8 nitrogen and oxygen atoms in total. The molecular formula is C67H50BN7O. The summed E-state index contributed by atoms with van der Waals surface area (Å²) in [5.74, 6) is 5.32. The van der Waals surface area contributed by atoms with Crippen LogP contribution in [0.25, 0.3) is 107 Å². The van der Waals surface area contributed by atoms with Gasteiger partial charge in [0.15, 0.2) is 34.9 Å². The van der Waals surface area contributed by atoms with Gasteiger partial charge < -0.3 is 9.30 Å². The van der Waals surface area contributed by atoms with Gasteiger partial charge in [-0.25, -0.2) is 29.9 Å². The molecule has 2 aliphatic heterocycles. The van der Waals surface area contributed by atoms with E-state index in [1.165, 1.54) is 27.8 Å². The fourth-order valence-corrected chi connectivity index (χ4v) is 11.7. The number of rotatable bonds is 7. The van der Waals surface area contributed by atoms with Crippen molar-refractivity contribution in [3.05, 3.63) is 216 Å². The first-order valence-corrected chi connectivity index (χ1v) is 26.0. The van der Waals surface area contributed by atoms with Gasteiger partial charge in [-0.05, 0) is 113 Å². The smallest absolute Gasteiger partial charge is 0.256 e. The summed E-state index contributed by atoms with van der Waals surface area (Å²) in [5, 5.41) is 2.12. The van der Waals surface area contributed by atoms with Crippen LogP contribution in [0.3, 0.4) is 0 Å². The highest BCUT2D eigenvalue weighted by atomic mass is 16.5. The van der Waals surface area contributed by atoms with Crippen molar-refractivity contribution in [3.8, 4) is 96.6 Å². The fourth-order valence-electron chi connectivity index (χ4n) is 11.7. The summed E-state index contributed by atoms with van der Waals surface area (Å²) in [7, 11) is 0. The van der Waals surface area contributed by atoms with Gasteiger partial charge in [-0.15, -0.1) is 0 Å². The Bertz CT molecular complexity index is 4180. The zero-order chi connectivity index (χ0) is 51.4. The Kier molecular flexibility index (Phi) is 10.4. The molecule has 0 fully saturated rings. The molecule has 2 aliphatic rings. The Balaban J connectivity index is 1.08. The van der Waals surface area contributed by atoms with Crippen LogP contribution in [0.1, 0.15) is 43.0 Å². The minimum absolute atomic E-state index is 0.175. The lowest BCUT2D eigenvalue weighted by Gasteiger charge is -2.35. The van der Waals surface area contributed by atoms with Crippen LogP contribution in [0.2, 0.25) is 0 Å². The first kappa shape index (κ1) is 45.3. The van der Waals surface area contributed by atoms with E-state index in [-0.39, 0.29) is 12.1 Å². The first-order valence-electron chi connectivity index (χ1n) is 26.0. The minimum Gasteiger partial charge on any atom is -0.458 e. The lowest BCUT2D eigenvalue weighted by Crippen LogP contribution is -2.58. The van der Waals surface area contributed by atoms with Crippen LogP contribution in [-0.4, -0.2) is 41.2 Å². The Morgan fingerprint density at radius 3 is 1.38 bits per heavy atom. The van der Waals surface area contributed by atoms with Crippen LogP contribution < -0.4 is 21.1 Å². The van der Waals surface area contributed by atoms with Gasteiger partial charge in [0, 0.05) is 55.4 Å². The van der Waals surface area contributed by atoms with Gasteiger partial charge in [0.1, 0.15) is 11.5 Å². The van der Waals surface area contributed by atoms with Crippen LogP contribution in [0, 0.1) is 20.8 Å². The van der Waals surface area contributed by atoms with Crippen LogP contribution in [-0.2, 0) is 5.41 Å². The molecule has 0 amide bonds. The van der Waals surface area contributed by atoms with Crippen molar-refractivity contribution in [2.45, 2.75) is 47.0 Å². The van der Waals surface area contributed by atoms with Gasteiger partial charge in [-0.2, -0.15) is 0 Å². The second-order valence-electron chi connectivity index (χ2n) is 21.3. The van der Waals surface area contributed by atoms with E-state index in [4.69, 9.17) is 34.6 Å². The predicted octanol–water partition coefficient (Wildman–Crippen LogP) is 14.0. The summed E-state index contributed by atoms with van der Waals surface area (Å²) in [6.07, 6.45) is 0. The molecular weight excluding hydrogens is 930 g/mol. The Labute approximate surface area is 442 Å². The Hall–Kier alpha value is -9.34. The summed E-state index contributed by atoms with van der Waals surface area (Å²) in [6.45, 7) is 13.2. The van der Waals surface area contributed by atoms with Crippen LogP contribution >= 0.6 is 0 Å². The average Bonchev–Trinajstić information content (AvgIpc) is 4.02. The van der Waals surface area contributed by atoms with Crippen molar-refractivity contribution < 1.29 is 4.74 Å². The molecule has 0 saturated carbocycles. The van der Waals surface area contributed by atoms with E-state index in [0.29, 0.717) is 34.9 Å². The second kappa shape index (κ2) is 17.4. The molecule has 76 heavy (non-hydrogen) atoms. The number of aryl methyl sites for hydroxylation is 3. The average molecular weight is 980 g/mol. The van der Waals surface area contributed by atoms with Gasteiger partial charge >= 0.3 is 0 Å². The molecule has 0 spiro atoms. The van der Waals surface area contributed by atoms with Crippen molar-refractivity contribution in [3.63, 3.8) is 0 Å². The quantitative estimate of drug-likeness (QED) is 0.147. The zero-order valence-corrected chi connectivity index (χ0v) is 43.1. The molecule has 5 heterocycles. The largest absolute Gasteiger partial charge is 0.458 e. The minimum atomic E-state index is -0.207. The molecule has 14 rings (SSSR count). The van der Waals surface area contributed by atoms with E-state index in [1.807, 2.05) is 97.1 Å². The number of hydrogen-bond acceptors (Lipinski definition) is 7. The number of benzene rings is 9. The fraction of sp³-hybridized carbons (Fsp3) is 0.104. The van der Waals surface area contributed by atoms with Gasteiger partial charge in [0.25, 0.3) is 6.71 Å². The topological polar surface area (TPSA) is 91.5 Å². The number of nitrogens with zero attached hydrogens (tertiary/aromatic N) is 7. The van der Waals surface area contributed by atoms with E-state index >= 15 is 0 Å². The van der Waals surface area contributed by atoms with Crippen molar-refractivity contribution in [2.24, 2.45) is 0 Å². The standard InChI is InChI=1S/C67H50BN7O/c1-39-31-40(2)58(41(3)32-39)46-28-30-56-52(35-46)68-53-36-48(66-73-63(44-23-15-9-16-24-44)70-64(74-66)45-25-17-10-18-26-45)34-51-50-33-47(65-71-61(42-19-11-7-12-20-42)69-62(72-65)43-21-13-8-14-22-43)27-29-54(50)75(60(51)53)55-37-49(67(4,5)6)38-57(76-56)59(55)68/h7-38H,1-6H3. The summed E-state index contributed by atoms with van der Waals surface area (Å²) >= 11 is 0. The molecule has 0 unspecified atom stereocenters. The summed E-state index contributed by atoms with van der Waals surface area (Å²) in [6, 6.07) is 67.9. The molecule has 0 atom stereocenters. The summed E-state index contributed by atoms with van der Waals surface area (Å²) < 4.78 is 9.65. The Morgan fingerprint density at radius 2 is 0.868 bits per heavy atom. The molecule has 12 aromatic rings. The number of hydrogen-bond donors (Lipinski definition) is 0. The van der Waals surface area contributed by atoms with E-state index in [2.05, 4.69) is 143 Å². The molecule has 0 aliphatic carbocycles. The van der Waals surface area contributed by atoms with E-state index in [9.17, 15) is 0 Å². The van der Waals surface area contributed by atoms with Gasteiger partial charge in [0.2, 0.25) is 0 Å². The van der Waals surface area contributed by atoms with Crippen molar-refractivity contribution in [2.75, 3.05) is 0 Å². The highest BCUT2D eigenvalue weighted by Gasteiger charge is 2.42. The SMILES string of the molecule is Cc1cc(C)c(-c2ccc3c(c2)B2c4c(cc(C(C)(C)C)cc4-n4c5ccc(-c6nc(-c7ccccc7)nc(-c7ccccc7)n6)cc5c5cc(-c6nc(-c7ccccc7)nc(-c7ccccc7)n6)cc2c54)O3)c(C)c1. The van der Waals surface area contributed by atoms with E-state index in [1.54, 1.807) is 0 Å². The highest BCUT2D eigenvalue weighted by molar-refractivity contribution is 6.99. The maximum atomic E-state index is 7.18. The van der Waals surface area contributed by atoms with E-state index < -0.39 is 0 Å². The predicted molar refractivity (Wildman–Crippen MR) is 310 cm³/mol. The van der Waals surface area contributed by atoms with Crippen LogP contribution in [0.4, 0.5) is 0 Å². The maximum absolute atomic E-state index is 7.18. The zero-order valence-electron chi connectivity index (χ0n) is 43.1. The van der Waals surface area contributed by atoms with Crippen molar-refractivity contribution in [1.82, 2.24) is 34.5 Å². The molecule has 0 saturated heterocycles. The highest BCUT2D eigenvalue weighted by Crippen LogP contribution is 2.43. The van der Waals surface area contributed by atoms with E-state index in [0.717, 1.165) is 94.3 Å². The lowest BCUT2D eigenvalue weighted by molar-refractivity contribution is 0.483. The van der Waals surface area contributed by atoms with Crippen LogP contribution in [0.15, 0.2) is 194 Å². The van der Waals surface area contributed by atoms with Gasteiger partial charge in [-0.3, -0.25) is 0 Å². The molecule has 0 bridgehead atoms. The van der Waals surface area contributed by atoms with Gasteiger partial charge in [-0.1, -0.05) is 178 Å². The first-order chi connectivity index (χ1) is 37.0. The number of aromatic nitrogens is 7. The number of ether oxygens (including phenoxy) is 1. The maximum Gasteiger partial charge on any atom is 0.256 e. The normalized spacial score (nSPS) is 12.4. The third kappa shape index (κ3) is 7.52. The lowest BCUT2D eigenvalue weighted by atomic mass is 9.34. The second-order valence-corrected chi connectivity index (χ2v) is 21.3. The molecule has 9 aromatic carbocycles. The summed E-state index contributed by atoms with van der Waals surface area (Å²) in [5.41, 5.74) is 19.3. The van der Waals surface area contributed by atoms with Gasteiger partial charge in [0.05, 0.1) is 5.52 Å². The molecule has 0 N–H and O–H groups in total. The van der Waals surface area contributed by atoms with Crippen molar-refractivity contribution in [1.29, 1.82) is 0 Å². The third-order valence-electron chi connectivity index (χ3n) is 15.1. The molecule has 9 heteroatoms. The third-order valence-corrected chi connectivity index (χ3v) is 15.1. The monoisotopic (exact) mass is 979 g/mol. The van der Waals surface area contributed by atoms with Crippen LogP contribution in [0.5, 0.6) is 11.5 Å². The Morgan fingerprint density at radius 1 is 0.408 bits per heavy atom. The summed E-state index contributed by atoms with van der Waals surface area (Å²) in [4.78, 5) is 31.2. The molecule has 0 radical (unpaired) electrons. The molecule has 3 aromatic heterocycles. The van der Waals surface area contributed by atoms with Crippen molar-refractivity contribution >= 4 is 44.9 Å². The molecule has 362 valence electrons.